The van der Waals surface area contributed by atoms with Gasteiger partial charge in [0.25, 0.3) is 0 Å². The third-order valence-corrected chi connectivity index (χ3v) is 4.22. The Morgan fingerprint density at radius 3 is 2.58 bits per heavy atom. The predicted molar refractivity (Wildman–Crippen MR) is 68.9 cm³/mol. The molecule has 0 radical (unpaired) electrons. The van der Waals surface area contributed by atoms with Crippen LogP contribution in [0.5, 0.6) is 0 Å². The summed E-state index contributed by atoms with van der Waals surface area (Å²) in [7, 11) is 0. The Balaban J connectivity index is 3.81. The lowest BCUT2D eigenvalue weighted by Gasteiger charge is -2.09. The molecule has 0 N–H and O–H groups in total. The highest BCUT2D eigenvalue weighted by atomic mass is 127. The summed E-state index contributed by atoms with van der Waals surface area (Å²) >= 11 is 4.27. The van der Waals surface area contributed by atoms with E-state index in [1.807, 2.05) is 11.8 Å². The molecule has 0 heterocycles. The van der Waals surface area contributed by atoms with Crippen LogP contribution in [0.15, 0.2) is 8.99 Å². The first-order chi connectivity index (χ1) is 5.74. The van der Waals surface area contributed by atoms with Gasteiger partial charge in [0.15, 0.2) is 0 Å². The van der Waals surface area contributed by atoms with Gasteiger partial charge in [-0.15, -0.1) is 11.8 Å². The standard InChI is InChI=1S/C10H19IS/c1-4-6-7-9(5-2)8-10(11)12-3/h8-9H,4-7H2,1-3H3/b10-8+. The van der Waals surface area contributed by atoms with Crippen molar-refractivity contribution in [1.82, 2.24) is 0 Å². The quantitative estimate of drug-likeness (QED) is 0.632. The highest BCUT2D eigenvalue weighted by molar-refractivity contribution is 14.1. The van der Waals surface area contributed by atoms with Gasteiger partial charge in [0, 0.05) is 2.91 Å². The van der Waals surface area contributed by atoms with Crippen molar-refractivity contribution in [2.45, 2.75) is 39.5 Å². The highest BCUT2D eigenvalue weighted by Gasteiger charge is 2.02. The van der Waals surface area contributed by atoms with Crippen molar-refractivity contribution in [3.63, 3.8) is 0 Å². The van der Waals surface area contributed by atoms with Crippen LogP contribution in [0.4, 0.5) is 0 Å². The Morgan fingerprint density at radius 2 is 2.17 bits per heavy atom. The van der Waals surface area contributed by atoms with Crippen LogP contribution in [-0.2, 0) is 0 Å². The second-order valence-electron chi connectivity index (χ2n) is 2.99. The molecule has 2 heteroatoms. The number of rotatable bonds is 6. The highest BCUT2D eigenvalue weighted by Crippen LogP contribution is 2.25. The van der Waals surface area contributed by atoms with E-state index in [1.54, 1.807) is 0 Å². The van der Waals surface area contributed by atoms with Gasteiger partial charge in [-0.2, -0.15) is 0 Å². The summed E-state index contributed by atoms with van der Waals surface area (Å²) in [6.07, 6.45) is 9.90. The van der Waals surface area contributed by atoms with E-state index in [2.05, 4.69) is 48.8 Å². The number of allylic oxidation sites excluding steroid dienone is 1. The normalized spacial score (nSPS) is 14.8. The number of unbranched alkanes of at least 4 members (excludes halogenated alkanes) is 1. The fraction of sp³-hybridized carbons (Fsp3) is 0.800. The SMILES string of the molecule is CCCCC(/C=C(\I)SC)CC. The monoisotopic (exact) mass is 298 g/mol. The molecule has 0 aliphatic carbocycles. The summed E-state index contributed by atoms with van der Waals surface area (Å²) in [6, 6.07) is 0. The molecule has 0 aliphatic rings. The Labute approximate surface area is 94.7 Å². The topological polar surface area (TPSA) is 0 Å². The van der Waals surface area contributed by atoms with Gasteiger partial charge < -0.3 is 0 Å². The first-order valence-electron chi connectivity index (χ1n) is 4.65. The van der Waals surface area contributed by atoms with Crippen molar-refractivity contribution in [1.29, 1.82) is 0 Å². The van der Waals surface area contributed by atoms with Crippen molar-refractivity contribution < 1.29 is 0 Å². The van der Waals surface area contributed by atoms with Crippen LogP contribution in [-0.4, -0.2) is 6.26 Å². The lowest BCUT2D eigenvalue weighted by atomic mass is 10.00. The zero-order valence-electron chi connectivity index (χ0n) is 8.27. The van der Waals surface area contributed by atoms with Crippen LogP contribution < -0.4 is 0 Å². The maximum atomic E-state index is 2.42. The Bertz CT molecular complexity index is 132. The van der Waals surface area contributed by atoms with E-state index in [9.17, 15) is 0 Å². The lowest BCUT2D eigenvalue weighted by Crippen LogP contribution is -1.93. The van der Waals surface area contributed by atoms with E-state index >= 15 is 0 Å². The third kappa shape index (κ3) is 6.35. The van der Waals surface area contributed by atoms with Gasteiger partial charge in [-0.3, -0.25) is 0 Å². The van der Waals surface area contributed by atoms with Gasteiger partial charge in [0.05, 0.1) is 0 Å². The molecule has 72 valence electrons. The van der Waals surface area contributed by atoms with Gasteiger partial charge in [-0.1, -0.05) is 32.8 Å². The molecule has 0 saturated carbocycles. The summed E-state index contributed by atoms with van der Waals surface area (Å²) in [4.78, 5) is 0. The van der Waals surface area contributed by atoms with E-state index in [4.69, 9.17) is 0 Å². The number of halogens is 1. The van der Waals surface area contributed by atoms with Crippen molar-refractivity contribution >= 4 is 34.4 Å². The summed E-state index contributed by atoms with van der Waals surface area (Å²) < 4.78 is 1.44. The Hall–Kier alpha value is 0.820. The maximum absolute atomic E-state index is 2.42. The van der Waals surface area contributed by atoms with Gasteiger partial charge in [0.1, 0.15) is 0 Å². The molecule has 1 atom stereocenters. The van der Waals surface area contributed by atoms with Crippen LogP contribution in [0, 0.1) is 5.92 Å². The first-order valence-corrected chi connectivity index (χ1v) is 6.96. The molecule has 12 heavy (non-hydrogen) atoms. The van der Waals surface area contributed by atoms with Gasteiger partial charge >= 0.3 is 0 Å². The van der Waals surface area contributed by atoms with E-state index in [0.29, 0.717) is 0 Å². The van der Waals surface area contributed by atoms with Crippen LogP contribution in [0.2, 0.25) is 0 Å². The molecule has 0 aromatic heterocycles. The molecule has 0 bridgehead atoms. The second-order valence-corrected chi connectivity index (χ2v) is 5.73. The number of hydrogen-bond donors (Lipinski definition) is 0. The molecule has 0 nitrogen and oxygen atoms in total. The first kappa shape index (κ1) is 12.8. The molecule has 0 fully saturated rings. The van der Waals surface area contributed by atoms with Crippen LogP contribution >= 0.6 is 34.4 Å². The van der Waals surface area contributed by atoms with E-state index in [-0.39, 0.29) is 0 Å². The van der Waals surface area contributed by atoms with Gasteiger partial charge in [-0.25, -0.2) is 0 Å². The van der Waals surface area contributed by atoms with Crippen molar-refractivity contribution in [2.75, 3.05) is 6.26 Å². The maximum Gasteiger partial charge on any atom is 0.0417 e. The number of thioether (sulfide) groups is 1. The van der Waals surface area contributed by atoms with E-state index in [1.165, 1.54) is 28.6 Å². The summed E-state index contributed by atoms with van der Waals surface area (Å²) in [5.41, 5.74) is 0. The molecule has 0 rings (SSSR count). The average Bonchev–Trinajstić information content (AvgIpc) is 2.11. The Morgan fingerprint density at radius 1 is 1.50 bits per heavy atom. The molecular formula is C10H19IS. The Kier molecular flexibility index (Phi) is 9.00. The van der Waals surface area contributed by atoms with Gasteiger partial charge in [-0.05, 0) is 47.6 Å². The largest absolute Gasteiger partial charge is 0.123 e. The molecule has 0 aliphatic heterocycles. The molecule has 0 aromatic rings. The van der Waals surface area contributed by atoms with Crippen molar-refractivity contribution in [3.05, 3.63) is 8.99 Å². The predicted octanol–water partition coefficient (Wildman–Crippen LogP) is 4.84. The molecule has 0 saturated heterocycles. The lowest BCUT2D eigenvalue weighted by molar-refractivity contribution is 0.540. The summed E-state index contributed by atoms with van der Waals surface area (Å²) in [6.45, 7) is 4.54. The fourth-order valence-electron chi connectivity index (χ4n) is 1.12. The average molecular weight is 298 g/mol. The summed E-state index contributed by atoms with van der Waals surface area (Å²) in [5.74, 6) is 0.810. The zero-order chi connectivity index (χ0) is 9.40. The smallest absolute Gasteiger partial charge is 0.0417 e. The molecular weight excluding hydrogens is 279 g/mol. The molecule has 0 amide bonds. The summed E-state index contributed by atoms with van der Waals surface area (Å²) in [5, 5.41) is 0. The number of hydrogen-bond acceptors (Lipinski definition) is 1. The van der Waals surface area contributed by atoms with Crippen LogP contribution in [0.3, 0.4) is 0 Å². The molecule has 1 unspecified atom stereocenters. The minimum Gasteiger partial charge on any atom is -0.123 e. The minimum atomic E-state index is 0.810. The fourth-order valence-corrected chi connectivity index (χ4v) is 1.96. The molecule has 0 aromatic carbocycles. The second kappa shape index (κ2) is 8.42. The molecule has 0 spiro atoms. The van der Waals surface area contributed by atoms with Crippen molar-refractivity contribution in [3.8, 4) is 0 Å². The van der Waals surface area contributed by atoms with E-state index in [0.717, 1.165) is 5.92 Å². The van der Waals surface area contributed by atoms with Crippen LogP contribution in [0.25, 0.3) is 0 Å². The van der Waals surface area contributed by atoms with Crippen molar-refractivity contribution in [2.24, 2.45) is 5.92 Å². The zero-order valence-corrected chi connectivity index (χ0v) is 11.2. The van der Waals surface area contributed by atoms with E-state index < -0.39 is 0 Å². The minimum absolute atomic E-state index is 0.810. The van der Waals surface area contributed by atoms with Crippen LogP contribution in [0.1, 0.15) is 39.5 Å². The third-order valence-electron chi connectivity index (χ3n) is 2.01. The van der Waals surface area contributed by atoms with Gasteiger partial charge in [0.2, 0.25) is 0 Å².